The van der Waals surface area contributed by atoms with E-state index < -0.39 is 4.92 Å². The predicted octanol–water partition coefficient (Wildman–Crippen LogP) is 1.16. The summed E-state index contributed by atoms with van der Waals surface area (Å²) in [7, 11) is 0. The number of nitrogens with two attached hydrogens (primary N) is 1. The van der Waals surface area contributed by atoms with Crippen molar-refractivity contribution in [3.8, 4) is 0 Å². The number of rotatable bonds is 2. The van der Waals surface area contributed by atoms with E-state index >= 15 is 0 Å². The minimum Gasteiger partial charge on any atom is -0.334 e. The van der Waals surface area contributed by atoms with Gasteiger partial charge in [0.15, 0.2) is 0 Å². The molecule has 1 aromatic carbocycles. The first-order valence-corrected chi connectivity index (χ1v) is 5.82. The van der Waals surface area contributed by atoms with Crippen LogP contribution >= 0.6 is 0 Å². The van der Waals surface area contributed by atoms with E-state index in [9.17, 15) is 14.9 Å². The maximum absolute atomic E-state index is 12.3. The zero-order chi connectivity index (χ0) is 13.3. The zero-order valence-corrected chi connectivity index (χ0v) is 10.1. The van der Waals surface area contributed by atoms with Gasteiger partial charge in [-0.15, -0.1) is 0 Å². The SMILES string of the molecule is CC1C(N)CCN1C(=O)c1ccccc1[N+](=O)[O-]. The Morgan fingerprint density at radius 2 is 2.17 bits per heavy atom. The van der Waals surface area contributed by atoms with E-state index in [1.54, 1.807) is 17.0 Å². The topological polar surface area (TPSA) is 89.5 Å². The van der Waals surface area contributed by atoms with Crippen molar-refractivity contribution in [2.24, 2.45) is 5.73 Å². The Labute approximate surface area is 105 Å². The van der Waals surface area contributed by atoms with Crippen LogP contribution < -0.4 is 5.73 Å². The molecule has 18 heavy (non-hydrogen) atoms. The number of nitrogens with zero attached hydrogens (tertiary/aromatic N) is 2. The lowest BCUT2D eigenvalue weighted by molar-refractivity contribution is -0.385. The minimum atomic E-state index is -0.534. The van der Waals surface area contributed by atoms with E-state index in [1.165, 1.54) is 12.1 Å². The fourth-order valence-electron chi connectivity index (χ4n) is 2.22. The average molecular weight is 249 g/mol. The van der Waals surface area contributed by atoms with Gasteiger partial charge in [0.2, 0.25) is 0 Å². The van der Waals surface area contributed by atoms with Crippen LogP contribution in [0.3, 0.4) is 0 Å². The molecule has 1 aromatic rings. The molecule has 1 fully saturated rings. The van der Waals surface area contributed by atoms with Crippen molar-refractivity contribution in [2.45, 2.75) is 25.4 Å². The van der Waals surface area contributed by atoms with Gasteiger partial charge in [-0.3, -0.25) is 14.9 Å². The quantitative estimate of drug-likeness (QED) is 0.629. The van der Waals surface area contributed by atoms with Crippen LogP contribution in [0.5, 0.6) is 0 Å². The molecule has 2 rings (SSSR count). The van der Waals surface area contributed by atoms with Gasteiger partial charge < -0.3 is 10.6 Å². The van der Waals surface area contributed by atoms with E-state index in [-0.39, 0.29) is 29.2 Å². The van der Waals surface area contributed by atoms with Crippen LogP contribution in [0.4, 0.5) is 5.69 Å². The monoisotopic (exact) mass is 249 g/mol. The first-order valence-electron chi connectivity index (χ1n) is 5.82. The highest BCUT2D eigenvalue weighted by molar-refractivity contribution is 5.98. The number of amides is 1. The highest BCUT2D eigenvalue weighted by Gasteiger charge is 2.34. The van der Waals surface area contributed by atoms with Crippen LogP contribution in [0.1, 0.15) is 23.7 Å². The summed E-state index contributed by atoms with van der Waals surface area (Å²) < 4.78 is 0. The molecule has 0 radical (unpaired) electrons. The second-order valence-electron chi connectivity index (χ2n) is 4.47. The van der Waals surface area contributed by atoms with Crippen molar-refractivity contribution in [3.63, 3.8) is 0 Å². The van der Waals surface area contributed by atoms with Gasteiger partial charge in [0.05, 0.1) is 4.92 Å². The highest BCUT2D eigenvalue weighted by atomic mass is 16.6. The number of carbonyl (C=O) groups is 1. The maximum atomic E-state index is 12.3. The number of hydrogen-bond donors (Lipinski definition) is 1. The molecule has 1 amide bonds. The van der Waals surface area contributed by atoms with Crippen molar-refractivity contribution in [1.29, 1.82) is 0 Å². The first-order chi connectivity index (χ1) is 8.52. The Morgan fingerprint density at radius 3 is 2.72 bits per heavy atom. The maximum Gasteiger partial charge on any atom is 0.282 e. The van der Waals surface area contributed by atoms with Crippen molar-refractivity contribution >= 4 is 11.6 Å². The van der Waals surface area contributed by atoms with Gasteiger partial charge in [-0.05, 0) is 19.4 Å². The van der Waals surface area contributed by atoms with Gasteiger partial charge >= 0.3 is 0 Å². The molecule has 6 heteroatoms. The summed E-state index contributed by atoms with van der Waals surface area (Å²) in [5, 5.41) is 10.9. The van der Waals surface area contributed by atoms with Crippen molar-refractivity contribution in [2.75, 3.05) is 6.54 Å². The standard InChI is InChI=1S/C12H15N3O3/c1-8-10(13)6-7-14(8)12(16)9-4-2-3-5-11(9)15(17)18/h2-5,8,10H,6-7,13H2,1H3. The zero-order valence-electron chi connectivity index (χ0n) is 10.1. The van der Waals surface area contributed by atoms with Gasteiger partial charge in [0.1, 0.15) is 5.56 Å². The van der Waals surface area contributed by atoms with E-state index in [4.69, 9.17) is 5.73 Å². The number of benzene rings is 1. The fraction of sp³-hybridized carbons (Fsp3) is 0.417. The molecule has 2 N–H and O–H groups in total. The van der Waals surface area contributed by atoms with Crippen LogP contribution in [0.15, 0.2) is 24.3 Å². The molecule has 1 aliphatic heterocycles. The summed E-state index contributed by atoms with van der Waals surface area (Å²) in [4.78, 5) is 24.3. The summed E-state index contributed by atoms with van der Waals surface area (Å²) in [5.41, 5.74) is 5.83. The van der Waals surface area contributed by atoms with Gasteiger partial charge in [-0.2, -0.15) is 0 Å². The van der Waals surface area contributed by atoms with Gasteiger partial charge in [-0.1, -0.05) is 12.1 Å². The van der Waals surface area contributed by atoms with E-state index in [0.29, 0.717) is 6.54 Å². The van der Waals surface area contributed by atoms with E-state index in [1.807, 2.05) is 6.92 Å². The van der Waals surface area contributed by atoms with Crippen molar-refractivity contribution in [3.05, 3.63) is 39.9 Å². The number of likely N-dealkylation sites (tertiary alicyclic amines) is 1. The Bertz CT molecular complexity index is 489. The van der Waals surface area contributed by atoms with Gasteiger partial charge in [0.25, 0.3) is 11.6 Å². The average Bonchev–Trinajstić information content (AvgIpc) is 2.69. The van der Waals surface area contributed by atoms with Crippen molar-refractivity contribution in [1.82, 2.24) is 4.90 Å². The Morgan fingerprint density at radius 1 is 1.50 bits per heavy atom. The summed E-state index contributed by atoms with van der Waals surface area (Å²) >= 11 is 0. The Hall–Kier alpha value is -1.95. The Kier molecular flexibility index (Phi) is 3.29. The van der Waals surface area contributed by atoms with Gasteiger partial charge in [-0.25, -0.2) is 0 Å². The second kappa shape index (κ2) is 4.73. The first kappa shape index (κ1) is 12.5. The molecule has 2 atom stereocenters. The number of para-hydroxylation sites is 1. The third-order valence-electron chi connectivity index (χ3n) is 3.41. The summed E-state index contributed by atoms with van der Waals surface area (Å²) in [6.07, 6.45) is 0.730. The molecule has 1 aliphatic rings. The smallest absolute Gasteiger partial charge is 0.282 e. The molecular weight excluding hydrogens is 234 g/mol. The molecule has 0 aliphatic carbocycles. The molecule has 0 saturated carbocycles. The lowest BCUT2D eigenvalue weighted by atomic mass is 10.1. The van der Waals surface area contributed by atoms with E-state index in [2.05, 4.69) is 0 Å². The summed E-state index contributed by atoms with van der Waals surface area (Å²) in [5.74, 6) is -0.317. The third kappa shape index (κ3) is 2.06. The van der Waals surface area contributed by atoms with Crippen LogP contribution in [0.2, 0.25) is 0 Å². The largest absolute Gasteiger partial charge is 0.334 e. The molecule has 6 nitrogen and oxygen atoms in total. The van der Waals surface area contributed by atoms with Crippen LogP contribution in [0, 0.1) is 10.1 Å². The van der Waals surface area contributed by atoms with Crippen LogP contribution in [-0.4, -0.2) is 34.4 Å². The van der Waals surface area contributed by atoms with Crippen LogP contribution in [-0.2, 0) is 0 Å². The lowest BCUT2D eigenvalue weighted by Gasteiger charge is -2.23. The number of carbonyl (C=O) groups excluding carboxylic acids is 1. The third-order valence-corrected chi connectivity index (χ3v) is 3.41. The molecular formula is C12H15N3O3. The predicted molar refractivity (Wildman–Crippen MR) is 66.2 cm³/mol. The lowest BCUT2D eigenvalue weighted by Crippen LogP contribution is -2.40. The number of nitro benzene ring substituents is 1. The van der Waals surface area contributed by atoms with Crippen molar-refractivity contribution < 1.29 is 9.72 Å². The number of hydrogen-bond acceptors (Lipinski definition) is 4. The normalized spacial score (nSPS) is 23.1. The molecule has 0 aromatic heterocycles. The van der Waals surface area contributed by atoms with Gasteiger partial charge in [0, 0.05) is 24.7 Å². The minimum absolute atomic E-state index is 0.0586. The molecule has 1 saturated heterocycles. The van der Waals surface area contributed by atoms with Crippen LogP contribution in [0.25, 0.3) is 0 Å². The Balaban J connectivity index is 2.32. The molecule has 0 spiro atoms. The van der Waals surface area contributed by atoms with E-state index in [0.717, 1.165) is 6.42 Å². The highest BCUT2D eigenvalue weighted by Crippen LogP contribution is 2.24. The molecule has 0 bridgehead atoms. The fourth-order valence-corrected chi connectivity index (χ4v) is 2.22. The second-order valence-corrected chi connectivity index (χ2v) is 4.47. The number of nitro groups is 1. The summed E-state index contributed by atoms with van der Waals surface area (Å²) in [6.45, 7) is 2.41. The molecule has 1 heterocycles. The molecule has 2 unspecified atom stereocenters. The summed E-state index contributed by atoms with van der Waals surface area (Å²) in [6, 6.07) is 5.86. The molecule has 96 valence electrons.